The average molecular weight is 143 g/mol. The van der Waals surface area contributed by atoms with Crippen molar-refractivity contribution in [3.05, 3.63) is 11.6 Å². The van der Waals surface area contributed by atoms with Crippen LogP contribution >= 0.6 is 0 Å². The molecule has 0 fully saturated rings. The topological polar surface area (TPSA) is 52.3 Å². The predicted octanol–water partition coefficient (Wildman–Crippen LogP) is 0.455. The zero-order valence-electron chi connectivity index (χ0n) is 6.39. The van der Waals surface area contributed by atoms with Crippen molar-refractivity contribution < 1.29 is 9.53 Å². The maximum atomic E-state index is 10.8. The van der Waals surface area contributed by atoms with Gasteiger partial charge in [-0.3, -0.25) is 0 Å². The van der Waals surface area contributed by atoms with Crippen molar-refractivity contribution in [1.29, 1.82) is 0 Å². The summed E-state index contributed by atoms with van der Waals surface area (Å²) in [5, 5.41) is 0. The van der Waals surface area contributed by atoms with Gasteiger partial charge in [0.15, 0.2) is 0 Å². The van der Waals surface area contributed by atoms with Crippen LogP contribution in [0, 0.1) is 0 Å². The zero-order chi connectivity index (χ0) is 7.98. The molecule has 0 bridgehead atoms. The maximum absolute atomic E-state index is 10.8. The van der Waals surface area contributed by atoms with Gasteiger partial charge in [-0.05, 0) is 13.8 Å². The van der Waals surface area contributed by atoms with Crippen LogP contribution in [0.5, 0.6) is 0 Å². The SMILES string of the molecule is CC=C(C)C(=O)OCCN. The minimum Gasteiger partial charge on any atom is -0.461 e. The van der Waals surface area contributed by atoms with E-state index in [1.807, 2.05) is 0 Å². The highest BCUT2D eigenvalue weighted by Gasteiger charge is 2.01. The van der Waals surface area contributed by atoms with Gasteiger partial charge < -0.3 is 10.5 Å². The Balaban J connectivity index is 3.63. The van der Waals surface area contributed by atoms with Crippen molar-refractivity contribution in [1.82, 2.24) is 0 Å². The van der Waals surface area contributed by atoms with Crippen LogP contribution in [0.3, 0.4) is 0 Å². The molecule has 0 unspecified atom stereocenters. The number of carbonyl (C=O) groups excluding carboxylic acids is 1. The molecule has 0 aliphatic rings. The van der Waals surface area contributed by atoms with Crippen LogP contribution in [-0.2, 0) is 9.53 Å². The molecule has 0 atom stereocenters. The largest absolute Gasteiger partial charge is 0.461 e. The van der Waals surface area contributed by atoms with Crippen molar-refractivity contribution >= 4 is 5.97 Å². The standard InChI is InChI=1S/C7H13NO2/c1-3-6(2)7(9)10-5-4-8/h3H,4-5,8H2,1-2H3. The lowest BCUT2D eigenvalue weighted by atomic mass is 10.3. The summed E-state index contributed by atoms with van der Waals surface area (Å²) < 4.78 is 4.71. The molecule has 0 heterocycles. The zero-order valence-corrected chi connectivity index (χ0v) is 6.39. The second kappa shape index (κ2) is 4.99. The highest BCUT2D eigenvalue weighted by atomic mass is 16.5. The van der Waals surface area contributed by atoms with Crippen molar-refractivity contribution in [2.24, 2.45) is 5.73 Å². The van der Waals surface area contributed by atoms with E-state index in [2.05, 4.69) is 0 Å². The van der Waals surface area contributed by atoms with Gasteiger partial charge in [-0.25, -0.2) is 4.79 Å². The second-order valence-corrected chi connectivity index (χ2v) is 1.90. The lowest BCUT2D eigenvalue weighted by Gasteiger charge is -2.00. The summed E-state index contributed by atoms with van der Waals surface area (Å²) in [5.74, 6) is -0.284. The first kappa shape index (κ1) is 9.17. The lowest BCUT2D eigenvalue weighted by Crippen LogP contribution is -2.13. The molecule has 0 spiro atoms. The predicted molar refractivity (Wildman–Crippen MR) is 39.4 cm³/mol. The van der Waals surface area contributed by atoms with E-state index in [1.165, 1.54) is 0 Å². The number of allylic oxidation sites excluding steroid dienone is 1. The molecule has 58 valence electrons. The maximum Gasteiger partial charge on any atom is 0.333 e. The Bertz CT molecular complexity index is 141. The van der Waals surface area contributed by atoms with E-state index in [0.717, 1.165) is 0 Å². The summed E-state index contributed by atoms with van der Waals surface area (Å²) in [6.45, 7) is 4.17. The second-order valence-electron chi connectivity index (χ2n) is 1.90. The molecule has 0 saturated carbocycles. The molecule has 0 aromatic carbocycles. The fourth-order valence-corrected chi connectivity index (χ4v) is 0.383. The number of hydrogen-bond donors (Lipinski definition) is 1. The molecule has 0 rings (SSSR count). The smallest absolute Gasteiger partial charge is 0.333 e. The van der Waals surface area contributed by atoms with Crippen LogP contribution < -0.4 is 5.73 Å². The van der Waals surface area contributed by atoms with E-state index in [0.29, 0.717) is 18.7 Å². The Kier molecular flexibility index (Phi) is 4.58. The average Bonchev–Trinajstić information content (AvgIpc) is 1.98. The van der Waals surface area contributed by atoms with Crippen LogP contribution in [0.4, 0.5) is 0 Å². The number of carbonyl (C=O) groups is 1. The molecule has 0 aromatic rings. The molecule has 2 N–H and O–H groups in total. The molecule has 0 amide bonds. The molecular formula is C7H13NO2. The molecule has 10 heavy (non-hydrogen) atoms. The molecule has 0 aromatic heterocycles. The molecular weight excluding hydrogens is 130 g/mol. The Morgan fingerprint density at radius 2 is 2.30 bits per heavy atom. The van der Waals surface area contributed by atoms with Crippen LogP contribution in [-0.4, -0.2) is 19.1 Å². The molecule has 0 aliphatic carbocycles. The normalized spacial score (nSPS) is 11.3. The number of hydrogen-bond acceptors (Lipinski definition) is 3. The first-order valence-corrected chi connectivity index (χ1v) is 3.22. The quantitative estimate of drug-likeness (QED) is 0.461. The third kappa shape index (κ3) is 3.25. The van der Waals surface area contributed by atoms with Crippen molar-refractivity contribution in [2.45, 2.75) is 13.8 Å². The van der Waals surface area contributed by atoms with Crippen LogP contribution in [0.1, 0.15) is 13.8 Å². The number of nitrogens with two attached hydrogens (primary N) is 1. The summed E-state index contributed by atoms with van der Waals surface area (Å²) in [6, 6.07) is 0. The number of ether oxygens (including phenoxy) is 1. The molecule has 3 nitrogen and oxygen atoms in total. The summed E-state index contributed by atoms with van der Waals surface area (Å²) in [5.41, 5.74) is 5.74. The summed E-state index contributed by atoms with van der Waals surface area (Å²) in [7, 11) is 0. The Hall–Kier alpha value is -0.830. The van der Waals surface area contributed by atoms with Crippen molar-refractivity contribution in [3.63, 3.8) is 0 Å². The van der Waals surface area contributed by atoms with Gasteiger partial charge >= 0.3 is 5.97 Å². The molecule has 0 saturated heterocycles. The van der Waals surface area contributed by atoms with Gasteiger partial charge in [-0.2, -0.15) is 0 Å². The van der Waals surface area contributed by atoms with E-state index in [4.69, 9.17) is 10.5 Å². The molecule has 0 aliphatic heterocycles. The van der Waals surface area contributed by atoms with Crippen molar-refractivity contribution in [2.75, 3.05) is 13.2 Å². The summed E-state index contributed by atoms with van der Waals surface area (Å²) in [4.78, 5) is 10.8. The van der Waals surface area contributed by atoms with Crippen molar-refractivity contribution in [3.8, 4) is 0 Å². The van der Waals surface area contributed by atoms with E-state index < -0.39 is 0 Å². The number of rotatable bonds is 3. The molecule has 3 heteroatoms. The Labute approximate surface area is 60.9 Å². The Morgan fingerprint density at radius 3 is 2.70 bits per heavy atom. The Morgan fingerprint density at radius 1 is 1.70 bits per heavy atom. The van der Waals surface area contributed by atoms with E-state index in [1.54, 1.807) is 19.9 Å². The van der Waals surface area contributed by atoms with Gasteiger partial charge in [0.1, 0.15) is 6.61 Å². The van der Waals surface area contributed by atoms with E-state index in [-0.39, 0.29) is 5.97 Å². The van der Waals surface area contributed by atoms with Gasteiger partial charge in [0.05, 0.1) is 0 Å². The van der Waals surface area contributed by atoms with Gasteiger partial charge in [-0.15, -0.1) is 0 Å². The first-order chi connectivity index (χ1) is 4.72. The fourth-order valence-electron chi connectivity index (χ4n) is 0.383. The fraction of sp³-hybridized carbons (Fsp3) is 0.571. The monoisotopic (exact) mass is 143 g/mol. The summed E-state index contributed by atoms with van der Waals surface area (Å²) >= 11 is 0. The third-order valence-corrected chi connectivity index (χ3v) is 1.11. The minimum atomic E-state index is -0.284. The lowest BCUT2D eigenvalue weighted by molar-refractivity contribution is -0.138. The first-order valence-electron chi connectivity index (χ1n) is 3.22. The van der Waals surface area contributed by atoms with Crippen LogP contribution in [0.2, 0.25) is 0 Å². The van der Waals surface area contributed by atoms with E-state index in [9.17, 15) is 4.79 Å². The third-order valence-electron chi connectivity index (χ3n) is 1.11. The number of esters is 1. The van der Waals surface area contributed by atoms with Crippen LogP contribution in [0.25, 0.3) is 0 Å². The summed E-state index contributed by atoms with van der Waals surface area (Å²) in [6.07, 6.45) is 1.71. The van der Waals surface area contributed by atoms with Crippen LogP contribution in [0.15, 0.2) is 11.6 Å². The highest BCUT2D eigenvalue weighted by Crippen LogP contribution is 1.94. The highest BCUT2D eigenvalue weighted by molar-refractivity contribution is 5.87. The van der Waals surface area contributed by atoms with Gasteiger partial charge in [0.2, 0.25) is 0 Å². The van der Waals surface area contributed by atoms with E-state index >= 15 is 0 Å². The van der Waals surface area contributed by atoms with Gasteiger partial charge in [0, 0.05) is 12.1 Å². The van der Waals surface area contributed by atoms with Gasteiger partial charge in [0.25, 0.3) is 0 Å². The minimum absolute atomic E-state index is 0.284. The molecule has 0 radical (unpaired) electrons. The van der Waals surface area contributed by atoms with Gasteiger partial charge in [-0.1, -0.05) is 6.08 Å².